The number of nitrogens with two attached hydrogens (primary N) is 1. The standard InChI is InChI=1S/C12H16N2/c1-9-6-11(12(2,3)8-14)5-4-10(9)7-13/h4-6H,7,13H2,1-3H3. The number of nitriles is 1. The predicted octanol–water partition coefficient (Wildman–Crippen LogP) is 2.25. The van der Waals surface area contributed by atoms with Crippen LogP contribution in [0.15, 0.2) is 18.2 Å². The van der Waals surface area contributed by atoms with Crippen molar-refractivity contribution in [2.45, 2.75) is 32.7 Å². The first-order chi connectivity index (χ1) is 6.51. The highest BCUT2D eigenvalue weighted by Crippen LogP contribution is 2.24. The molecule has 0 atom stereocenters. The molecule has 0 bridgehead atoms. The summed E-state index contributed by atoms with van der Waals surface area (Å²) in [4.78, 5) is 0. The molecule has 0 aromatic heterocycles. The Hall–Kier alpha value is -1.33. The monoisotopic (exact) mass is 188 g/mol. The first kappa shape index (κ1) is 10.7. The number of aryl methyl sites for hydroxylation is 1. The third-order valence-corrected chi connectivity index (χ3v) is 2.56. The summed E-state index contributed by atoms with van der Waals surface area (Å²) < 4.78 is 0. The molecule has 0 radical (unpaired) electrons. The van der Waals surface area contributed by atoms with Crippen LogP contribution >= 0.6 is 0 Å². The second-order valence-corrected chi connectivity index (χ2v) is 4.08. The Morgan fingerprint density at radius 2 is 2.07 bits per heavy atom. The Kier molecular flexibility index (Phi) is 2.93. The first-order valence-electron chi connectivity index (χ1n) is 4.72. The van der Waals surface area contributed by atoms with Gasteiger partial charge >= 0.3 is 0 Å². The van der Waals surface area contributed by atoms with Gasteiger partial charge in [0, 0.05) is 6.54 Å². The van der Waals surface area contributed by atoms with Crippen LogP contribution < -0.4 is 5.73 Å². The molecule has 0 aliphatic heterocycles. The van der Waals surface area contributed by atoms with Gasteiger partial charge < -0.3 is 5.73 Å². The van der Waals surface area contributed by atoms with Gasteiger partial charge in [-0.15, -0.1) is 0 Å². The van der Waals surface area contributed by atoms with Crippen LogP contribution in [0.3, 0.4) is 0 Å². The molecular formula is C12H16N2. The number of nitrogens with zero attached hydrogens (tertiary/aromatic N) is 1. The van der Waals surface area contributed by atoms with Crippen LogP contribution in [0.1, 0.15) is 30.5 Å². The maximum absolute atomic E-state index is 8.99. The Labute approximate surface area is 85.4 Å². The Bertz CT molecular complexity index is 372. The molecule has 0 unspecified atom stereocenters. The summed E-state index contributed by atoms with van der Waals surface area (Å²) in [6.07, 6.45) is 0. The second kappa shape index (κ2) is 3.81. The fourth-order valence-electron chi connectivity index (χ4n) is 1.38. The molecule has 0 aliphatic rings. The van der Waals surface area contributed by atoms with Gasteiger partial charge in [0.2, 0.25) is 0 Å². The number of hydrogen-bond acceptors (Lipinski definition) is 2. The lowest BCUT2D eigenvalue weighted by atomic mass is 9.85. The highest BCUT2D eigenvalue weighted by molar-refractivity contribution is 5.37. The first-order valence-corrected chi connectivity index (χ1v) is 4.72. The van der Waals surface area contributed by atoms with Crippen LogP contribution in [-0.2, 0) is 12.0 Å². The summed E-state index contributed by atoms with van der Waals surface area (Å²) >= 11 is 0. The third-order valence-electron chi connectivity index (χ3n) is 2.56. The molecule has 2 N–H and O–H groups in total. The second-order valence-electron chi connectivity index (χ2n) is 4.08. The van der Waals surface area contributed by atoms with E-state index in [-0.39, 0.29) is 0 Å². The molecule has 1 aromatic rings. The molecule has 14 heavy (non-hydrogen) atoms. The van der Waals surface area contributed by atoms with E-state index in [1.165, 1.54) is 0 Å². The van der Waals surface area contributed by atoms with Crippen molar-refractivity contribution in [3.63, 3.8) is 0 Å². The third kappa shape index (κ3) is 1.94. The van der Waals surface area contributed by atoms with Crippen molar-refractivity contribution in [2.75, 3.05) is 0 Å². The lowest BCUT2D eigenvalue weighted by Crippen LogP contribution is -2.14. The van der Waals surface area contributed by atoms with Crippen LogP contribution in [0.4, 0.5) is 0 Å². The zero-order valence-electron chi connectivity index (χ0n) is 8.96. The van der Waals surface area contributed by atoms with E-state index in [1.807, 2.05) is 39.0 Å². The largest absolute Gasteiger partial charge is 0.326 e. The average Bonchev–Trinajstić information content (AvgIpc) is 2.17. The Balaban J connectivity index is 3.17. The molecule has 1 rings (SSSR count). The van der Waals surface area contributed by atoms with Gasteiger partial charge in [0.05, 0.1) is 11.5 Å². The van der Waals surface area contributed by atoms with Gasteiger partial charge in [-0.2, -0.15) is 5.26 Å². The molecule has 1 aromatic carbocycles. The van der Waals surface area contributed by atoms with Crippen LogP contribution in [0, 0.1) is 18.3 Å². The summed E-state index contributed by atoms with van der Waals surface area (Å²) in [5.41, 5.74) is 8.51. The Morgan fingerprint density at radius 1 is 1.43 bits per heavy atom. The molecular weight excluding hydrogens is 172 g/mol. The summed E-state index contributed by atoms with van der Waals surface area (Å²) in [5, 5.41) is 8.99. The van der Waals surface area contributed by atoms with Crippen LogP contribution in [0.25, 0.3) is 0 Å². The highest BCUT2D eigenvalue weighted by Gasteiger charge is 2.19. The zero-order chi connectivity index (χ0) is 10.8. The lowest BCUT2D eigenvalue weighted by Gasteiger charge is -2.17. The molecule has 0 saturated carbocycles. The molecule has 0 fully saturated rings. The summed E-state index contributed by atoms with van der Waals surface area (Å²) in [6.45, 7) is 6.42. The van der Waals surface area contributed by atoms with E-state index in [4.69, 9.17) is 11.0 Å². The fourth-order valence-corrected chi connectivity index (χ4v) is 1.38. The van der Waals surface area contributed by atoms with E-state index < -0.39 is 5.41 Å². The number of hydrogen-bond donors (Lipinski definition) is 1. The van der Waals surface area contributed by atoms with E-state index in [2.05, 4.69) is 6.07 Å². The van der Waals surface area contributed by atoms with Crippen molar-refractivity contribution in [3.05, 3.63) is 34.9 Å². The predicted molar refractivity (Wildman–Crippen MR) is 57.7 cm³/mol. The molecule has 0 heterocycles. The van der Waals surface area contributed by atoms with E-state index in [1.54, 1.807) is 0 Å². The minimum Gasteiger partial charge on any atom is -0.326 e. The SMILES string of the molecule is Cc1cc(C(C)(C)C#N)ccc1CN. The molecule has 2 heteroatoms. The molecule has 0 amide bonds. The van der Waals surface area contributed by atoms with E-state index in [9.17, 15) is 0 Å². The molecule has 0 saturated heterocycles. The highest BCUT2D eigenvalue weighted by atomic mass is 14.5. The molecule has 74 valence electrons. The fraction of sp³-hybridized carbons (Fsp3) is 0.417. The lowest BCUT2D eigenvalue weighted by molar-refractivity contribution is 0.685. The van der Waals surface area contributed by atoms with E-state index in [0.29, 0.717) is 6.54 Å². The molecule has 0 aliphatic carbocycles. The summed E-state index contributed by atoms with van der Waals surface area (Å²) in [7, 11) is 0. The van der Waals surface area contributed by atoms with Crippen molar-refractivity contribution < 1.29 is 0 Å². The summed E-state index contributed by atoms with van der Waals surface area (Å²) in [5.74, 6) is 0. The Morgan fingerprint density at radius 3 is 2.50 bits per heavy atom. The van der Waals surface area contributed by atoms with Crippen molar-refractivity contribution in [1.29, 1.82) is 5.26 Å². The van der Waals surface area contributed by atoms with Crippen molar-refractivity contribution >= 4 is 0 Å². The van der Waals surface area contributed by atoms with E-state index >= 15 is 0 Å². The van der Waals surface area contributed by atoms with Gasteiger partial charge in [-0.3, -0.25) is 0 Å². The smallest absolute Gasteiger partial charge is 0.0766 e. The normalized spacial score (nSPS) is 11.1. The number of benzene rings is 1. The summed E-state index contributed by atoms with van der Waals surface area (Å²) in [6, 6.07) is 8.33. The van der Waals surface area contributed by atoms with Gasteiger partial charge in [-0.05, 0) is 37.5 Å². The van der Waals surface area contributed by atoms with Crippen molar-refractivity contribution in [3.8, 4) is 6.07 Å². The van der Waals surface area contributed by atoms with Crippen molar-refractivity contribution in [2.24, 2.45) is 5.73 Å². The van der Waals surface area contributed by atoms with Crippen LogP contribution in [0.2, 0.25) is 0 Å². The van der Waals surface area contributed by atoms with Gasteiger partial charge in [0.25, 0.3) is 0 Å². The zero-order valence-corrected chi connectivity index (χ0v) is 8.96. The van der Waals surface area contributed by atoms with Crippen molar-refractivity contribution in [1.82, 2.24) is 0 Å². The molecule has 0 spiro atoms. The number of rotatable bonds is 2. The maximum atomic E-state index is 8.99. The topological polar surface area (TPSA) is 49.8 Å². The van der Waals surface area contributed by atoms with Gasteiger partial charge in [0.15, 0.2) is 0 Å². The quantitative estimate of drug-likeness (QED) is 0.773. The van der Waals surface area contributed by atoms with Crippen LogP contribution in [-0.4, -0.2) is 0 Å². The van der Waals surface area contributed by atoms with Gasteiger partial charge in [0.1, 0.15) is 0 Å². The molecule has 2 nitrogen and oxygen atoms in total. The van der Waals surface area contributed by atoms with Gasteiger partial charge in [-0.1, -0.05) is 18.2 Å². The van der Waals surface area contributed by atoms with Gasteiger partial charge in [-0.25, -0.2) is 0 Å². The maximum Gasteiger partial charge on any atom is 0.0766 e. The van der Waals surface area contributed by atoms with E-state index in [0.717, 1.165) is 16.7 Å². The van der Waals surface area contributed by atoms with Crippen LogP contribution in [0.5, 0.6) is 0 Å². The minimum absolute atomic E-state index is 0.419. The average molecular weight is 188 g/mol. The minimum atomic E-state index is -0.419.